The van der Waals surface area contributed by atoms with Crippen molar-refractivity contribution in [3.63, 3.8) is 0 Å². The number of hydrogen-bond donors (Lipinski definition) is 1. The molecule has 76 valence electrons. The summed E-state index contributed by atoms with van der Waals surface area (Å²) in [5, 5.41) is 3.09. The highest BCUT2D eigenvalue weighted by Crippen LogP contribution is 2.05. The summed E-state index contributed by atoms with van der Waals surface area (Å²) in [5.74, 6) is 0.109. The van der Waals surface area contributed by atoms with E-state index in [9.17, 15) is 9.00 Å². The molecule has 1 aliphatic rings. The Balaban J connectivity index is 2.47. The maximum absolute atomic E-state index is 11.4. The summed E-state index contributed by atoms with van der Waals surface area (Å²) in [7, 11) is -0.854. The highest BCUT2D eigenvalue weighted by atomic mass is 32.2. The first kappa shape index (κ1) is 10.7. The number of nitrogens with zero attached hydrogens (tertiary/aromatic N) is 1. The molecule has 0 saturated carbocycles. The van der Waals surface area contributed by atoms with Gasteiger partial charge in [0.1, 0.15) is 0 Å². The van der Waals surface area contributed by atoms with Crippen LogP contribution in [0.5, 0.6) is 0 Å². The quantitative estimate of drug-likeness (QED) is 0.676. The first-order chi connectivity index (χ1) is 6.02. The zero-order valence-electron chi connectivity index (χ0n) is 8.24. The molecule has 1 heterocycles. The average molecular weight is 204 g/mol. The van der Waals surface area contributed by atoms with Crippen molar-refractivity contribution in [3.05, 3.63) is 0 Å². The zero-order chi connectivity index (χ0) is 10.0. The fraction of sp³-hybridized carbons (Fsp3) is 0.875. The van der Waals surface area contributed by atoms with Crippen LogP contribution >= 0.6 is 0 Å². The molecule has 3 unspecified atom stereocenters. The van der Waals surface area contributed by atoms with Crippen LogP contribution in [0.15, 0.2) is 0 Å². The predicted octanol–water partition coefficient (Wildman–Crippen LogP) is -0.469. The largest absolute Gasteiger partial charge is 0.327 e. The molecule has 1 rings (SSSR count). The van der Waals surface area contributed by atoms with Crippen molar-refractivity contribution in [2.24, 2.45) is 0 Å². The van der Waals surface area contributed by atoms with E-state index in [1.54, 1.807) is 11.2 Å². The molecule has 0 aromatic rings. The zero-order valence-corrected chi connectivity index (χ0v) is 9.06. The molecule has 4 nitrogen and oxygen atoms in total. The number of rotatable bonds is 3. The molecule has 13 heavy (non-hydrogen) atoms. The van der Waals surface area contributed by atoms with Gasteiger partial charge in [0.15, 0.2) is 0 Å². The van der Waals surface area contributed by atoms with Gasteiger partial charge in [0.05, 0.1) is 12.7 Å². The van der Waals surface area contributed by atoms with Gasteiger partial charge in [-0.1, -0.05) is 0 Å². The highest BCUT2D eigenvalue weighted by Gasteiger charge is 2.28. The van der Waals surface area contributed by atoms with Gasteiger partial charge in [0, 0.05) is 28.9 Å². The van der Waals surface area contributed by atoms with Crippen LogP contribution in [-0.2, 0) is 15.6 Å². The van der Waals surface area contributed by atoms with Crippen molar-refractivity contribution < 1.29 is 9.00 Å². The molecule has 0 spiro atoms. The predicted molar refractivity (Wildman–Crippen MR) is 52.7 cm³/mol. The molecule has 3 atom stereocenters. The van der Waals surface area contributed by atoms with E-state index in [2.05, 4.69) is 5.32 Å². The lowest BCUT2D eigenvalue weighted by molar-refractivity contribution is -0.128. The van der Waals surface area contributed by atoms with Crippen LogP contribution < -0.4 is 5.32 Å². The fourth-order valence-corrected chi connectivity index (χ4v) is 1.65. The SMILES string of the molecule is CC1NCN(CC(C)S(C)=O)C1=O. The van der Waals surface area contributed by atoms with E-state index in [1.807, 2.05) is 13.8 Å². The highest BCUT2D eigenvalue weighted by molar-refractivity contribution is 7.84. The van der Waals surface area contributed by atoms with Crippen molar-refractivity contribution in [2.75, 3.05) is 19.5 Å². The van der Waals surface area contributed by atoms with Gasteiger partial charge in [0.2, 0.25) is 5.91 Å². The maximum Gasteiger partial charge on any atom is 0.240 e. The monoisotopic (exact) mass is 204 g/mol. The Kier molecular flexibility index (Phi) is 3.44. The fourth-order valence-electron chi connectivity index (χ4n) is 1.26. The molecule has 1 fully saturated rings. The Morgan fingerprint density at radius 1 is 1.77 bits per heavy atom. The summed E-state index contributed by atoms with van der Waals surface area (Å²) in [5.41, 5.74) is 0. The van der Waals surface area contributed by atoms with Crippen LogP contribution in [0.4, 0.5) is 0 Å². The van der Waals surface area contributed by atoms with Gasteiger partial charge in [0.25, 0.3) is 0 Å². The van der Waals surface area contributed by atoms with E-state index in [-0.39, 0.29) is 17.2 Å². The summed E-state index contributed by atoms with van der Waals surface area (Å²) in [6.45, 7) is 4.91. The van der Waals surface area contributed by atoms with Gasteiger partial charge in [-0.3, -0.25) is 14.3 Å². The van der Waals surface area contributed by atoms with Crippen LogP contribution in [0.2, 0.25) is 0 Å². The third-order valence-electron chi connectivity index (χ3n) is 2.31. The second-order valence-electron chi connectivity index (χ2n) is 3.45. The van der Waals surface area contributed by atoms with Gasteiger partial charge < -0.3 is 4.90 Å². The van der Waals surface area contributed by atoms with Gasteiger partial charge in [-0.2, -0.15) is 0 Å². The first-order valence-electron chi connectivity index (χ1n) is 4.36. The molecule has 1 aliphatic heterocycles. The summed E-state index contributed by atoms with van der Waals surface area (Å²) < 4.78 is 11.1. The van der Waals surface area contributed by atoms with Crippen molar-refractivity contribution in [3.8, 4) is 0 Å². The molecular weight excluding hydrogens is 188 g/mol. The van der Waals surface area contributed by atoms with Gasteiger partial charge >= 0.3 is 0 Å². The number of nitrogens with one attached hydrogen (secondary N) is 1. The minimum atomic E-state index is -0.854. The van der Waals surface area contributed by atoms with Crippen LogP contribution in [0, 0.1) is 0 Å². The van der Waals surface area contributed by atoms with Gasteiger partial charge in [-0.15, -0.1) is 0 Å². The van der Waals surface area contributed by atoms with Crippen LogP contribution in [0.25, 0.3) is 0 Å². The summed E-state index contributed by atoms with van der Waals surface area (Å²) in [6, 6.07) is -0.0857. The number of carbonyl (C=O) groups excluding carboxylic acids is 1. The Morgan fingerprint density at radius 2 is 2.38 bits per heavy atom. The van der Waals surface area contributed by atoms with Gasteiger partial charge in [-0.05, 0) is 13.8 Å². The topological polar surface area (TPSA) is 49.4 Å². The third-order valence-corrected chi connectivity index (χ3v) is 3.60. The number of amides is 1. The number of hydrogen-bond acceptors (Lipinski definition) is 3. The lowest BCUT2D eigenvalue weighted by atomic mass is 10.3. The van der Waals surface area contributed by atoms with Crippen molar-refractivity contribution in [1.82, 2.24) is 10.2 Å². The summed E-state index contributed by atoms with van der Waals surface area (Å²) in [4.78, 5) is 13.1. The Labute approximate surface area is 81.1 Å². The molecule has 1 amide bonds. The van der Waals surface area contributed by atoms with Crippen LogP contribution in [0.3, 0.4) is 0 Å². The van der Waals surface area contributed by atoms with Crippen LogP contribution in [-0.4, -0.2) is 45.8 Å². The van der Waals surface area contributed by atoms with E-state index in [1.165, 1.54) is 0 Å². The average Bonchev–Trinajstić information content (AvgIpc) is 2.36. The van der Waals surface area contributed by atoms with Crippen molar-refractivity contribution in [1.29, 1.82) is 0 Å². The van der Waals surface area contributed by atoms with E-state index in [0.717, 1.165) is 0 Å². The smallest absolute Gasteiger partial charge is 0.240 e. The van der Waals surface area contributed by atoms with Crippen LogP contribution in [0.1, 0.15) is 13.8 Å². The second-order valence-corrected chi connectivity index (χ2v) is 5.26. The molecule has 1 saturated heterocycles. The Hall–Kier alpha value is -0.420. The molecule has 0 aromatic heterocycles. The Morgan fingerprint density at radius 3 is 2.77 bits per heavy atom. The first-order valence-corrected chi connectivity index (χ1v) is 5.99. The summed E-state index contributed by atoms with van der Waals surface area (Å²) >= 11 is 0. The molecule has 0 bridgehead atoms. The molecule has 1 N–H and O–H groups in total. The Bertz CT molecular complexity index is 232. The standard InChI is InChI=1S/C8H16N2O2S/c1-6(13(3)12)4-10-5-9-7(2)8(10)11/h6-7,9H,4-5H2,1-3H3. The number of carbonyl (C=O) groups is 1. The lowest BCUT2D eigenvalue weighted by Gasteiger charge is -2.18. The van der Waals surface area contributed by atoms with Gasteiger partial charge in [-0.25, -0.2) is 0 Å². The summed E-state index contributed by atoms with van der Waals surface area (Å²) in [6.07, 6.45) is 1.67. The minimum Gasteiger partial charge on any atom is -0.327 e. The maximum atomic E-state index is 11.4. The molecule has 0 radical (unpaired) electrons. The molecule has 5 heteroatoms. The van der Waals surface area contributed by atoms with Crippen molar-refractivity contribution in [2.45, 2.75) is 25.1 Å². The minimum absolute atomic E-state index is 0.0519. The molecular formula is C8H16N2O2S. The molecule has 0 aliphatic carbocycles. The van der Waals surface area contributed by atoms with E-state index < -0.39 is 10.8 Å². The third kappa shape index (κ3) is 2.51. The lowest BCUT2D eigenvalue weighted by Crippen LogP contribution is -2.35. The second kappa shape index (κ2) is 4.19. The normalized spacial score (nSPS) is 27.8. The van der Waals surface area contributed by atoms with E-state index in [4.69, 9.17) is 0 Å². The molecule has 0 aromatic carbocycles. The van der Waals surface area contributed by atoms with E-state index in [0.29, 0.717) is 13.2 Å². The van der Waals surface area contributed by atoms with Crippen molar-refractivity contribution >= 4 is 16.7 Å². The van der Waals surface area contributed by atoms with E-state index >= 15 is 0 Å².